The lowest BCUT2D eigenvalue weighted by atomic mass is 9.75. The zero-order chi connectivity index (χ0) is 22.7. The second-order valence-electron chi connectivity index (χ2n) is 8.10. The molecule has 2 atom stereocenters. The van der Waals surface area contributed by atoms with E-state index in [4.69, 9.17) is 5.26 Å². The van der Waals surface area contributed by atoms with E-state index in [0.717, 1.165) is 6.07 Å². The molecular weight excluding hydrogens is 412 g/mol. The molecule has 31 heavy (non-hydrogen) atoms. The normalized spacial score (nSPS) is 25.3. The third-order valence-corrected chi connectivity index (χ3v) is 6.31. The molecule has 1 saturated heterocycles. The molecular formula is C21H20O10. The number of ether oxygens (including phenoxy) is 1. The summed E-state index contributed by atoms with van der Waals surface area (Å²) < 4.78 is 4.47. The van der Waals surface area contributed by atoms with Gasteiger partial charge in [-0.25, -0.2) is 4.89 Å². The predicted molar refractivity (Wildman–Crippen MR) is 103 cm³/mol. The van der Waals surface area contributed by atoms with E-state index in [9.17, 15) is 34.8 Å². The van der Waals surface area contributed by atoms with Crippen molar-refractivity contribution in [3.8, 4) is 5.75 Å². The lowest BCUT2D eigenvalue weighted by Crippen LogP contribution is -2.55. The first-order valence-corrected chi connectivity index (χ1v) is 9.49. The largest absolute Gasteiger partial charge is 0.504 e. The van der Waals surface area contributed by atoms with Gasteiger partial charge in [-0.15, -0.1) is 0 Å². The molecule has 4 rings (SSSR count). The van der Waals surface area contributed by atoms with Crippen LogP contribution in [0.5, 0.6) is 5.75 Å². The van der Waals surface area contributed by atoms with Gasteiger partial charge in [-0.3, -0.25) is 19.6 Å². The van der Waals surface area contributed by atoms with E-state index in [1.54, 1.807) is 0 Å². The highest BCUT2D eigenvalue weighted by molar-refractivity contribution is 6.14. The molecule has 2 unspecified atom stereocenters. The number of cyclic esters (lactones) is 2. The molecule has 10 heteroatoms. The summed E-state index contributed by atoms with van der Waals surface area (Å²) in [6.45, 7) is 3.52. The van der Waals surface area contributed by atoms with E-state index in [0.29, 0.717) is 0 Å². The second-order valence-corrected chi connectivity index (χ2v) is 8.10. The summed E-state index contributed by atoms with van der Waals surface area (Å²) in [5.74, 6) is -5.67. The summed E-state index contributed by atoms with van der Waals surface area (Å²) in [6, 6.07) is 2.48. The molecule has 3 aliphatic rings. The number of hydrogen-bond donors (Lipinski definition) is 5. The van der Waals surface area contributed by atoms with Crippen molar-refractivity contribution in [1.82, 2.24) is 0 Å². The number of carbonyl (C=O) groups is 2. The van der Waals surface area contributed by atoms with E-state index in [1.807, 2.05) is 0 Å². The van der Waals surface area contributed by atoms with Gasteiger partial charge >= 0.3 is 11.9 Å². The number of hydrogen-bond acceptors (Lipinski definition) is 10. The maximum Gasteiger partial charge on any atom is 0.331 e. The van der Waals surface area contributed by atoms with Crippen LogP contribution in [-0.2, 0) is 25.6 Å². The van der Waals surface area contributed by atoms with Crippen molar-refractivity contribution in [2.45, 2.75) is 31.2 Å². The first kappa shape index (κ1) is 21.3. The fraction of sp³-hybridized carbons (Fsp3) is 0.381. The SMILES string of the molecule is C=C1c2c(cc(CC3(CCOO)C(=O)OC3=O)cc(=O)c2O)C=C2CC1C(O)C2(O)O. The Balaban J connectivity index is 1.88. The lowest BCUT2D eigenvalue weighted by Gasteiger charge is -2.35. The van der Waals surface area contributed by atoms with Gasteiger partial charge in [-0.05, 0) is 47.3 Å². The predicted octanol–water partition coefficient (Wildman–Crippen LogP) is -0.284. The Morgan fingerprint density at radius 1 is 1.19 bits per heavy atom. The van der Waals surface area contributed by atoms with Gasteiger partial charge < -0.3 is 25.2 Å². The Labute approximate surface area is 175 Å². The molecule has 1 saturated carbocycles. The second kappa shape index (κ2) is 7.08. The first-order chi connectivity index (χ1) is 14.5. The standard InChI is InChI=1S/C21H20O10/c1-9-13-7-12(21(27,28)17(13)24)6-11-4-10(5-14(22)16(23)15(9)11)8-20(2-3-30-29)18(25)31-19(20)26/h4-6,13,17,24,27-29H,1-3,7-8H2,(H,22,23). The summed E-state index contributed by atoms with van der Waals surface area (Å²) in [5.41, 5.74) is -1.81. The van der Waals surface area contributed by atoms with E-state index >= 15 is 0 Å². The zero-order valence-corrected chi connectivity index (χ0v) is 16.2. The Bertz CT molecular complexity index is 1090. The molecule has 0 aromatic heterocycles. The molecule has 0 radical (unpaired) electrons. The number of aliphatic hydroxyl groups is 3. The average molecular weight is 432 g/mol. The van der Waals surface area contributed by atoms with Gasteiger partial charge in [0.25, 0.3) is 0 Å². The van der Waals surface area contributed by atoms with Gasteiger partial charge in [-0.1, -0.05) is 12.6 Å². The fourth-order valence-corrected chi connectivity index (χ4v) is 4.51. The highest BCUT2D eigenvalue weighted by atomic mass is 17.1. The van der Waals surface area contributed by atoms with Crippen molar-refractivity contribution in [3.63, 3.8) is 0 Å². The van der Waals surface area contributed by atoms with E-state index < -0.39 is 46.3 Å². The summed E-state index contributed by atoms with van der Waals surface area (Å²) in [7, 11) is 0. The van der Waals surface area contributed by atoms with Crippen molar-refractivity contribution in [3.05, 3.63) is 51.2 Å². The van der Waals surface area contributed by atoms with Crippen molar-refractivity contribution < 1.29 is 44.9 Å². The van der Waals surface area contributed by atoms with Gasteiger partial charge in [0.05, 0.1) is 6.61 Å². The van der Waals surface area contributed by atoms with E-state index in [2.05, 4.69) is 16.2 Å². The number of aromatic hydroxyl groups is 1. The molecule has 2 aliphatic carbocycles. The van der Waals surface area contributed by atoms with Gasteiger partial charge in [-0.2, -0.15) is 0 Å². The fourth-order valence-electron chi connectivity index (χ4n) is 4.51. The van der Waals surface area contributed by atoms with E-state index in [1.165, 1.54) is 12.1 Å². The summed E-state index contributed by atoms with van der Waals surface area (Å²) in [4.78, 5) is 40.8. The zero-order valence-electron chi connectivity index (χ0n) is 16.2. The molecule has 1 aromatic carbocycles. The maximum absolute atomic E-state index is 12.6. The van der Waals surface area contributed by atoms with Crippen LogP contribution in [0.3, 0.4) is 0 Å². The smallest absolute Gasteiger partial charge is 0.331 e. The van der Waals surface area contributed by atoms with Crippen molar-refractivity contribution in [2.75, 3.05) is 6.61 Å². The topological polar surface area (TPSA) is 171 Å². The maximum atomic E-state index is 12.6. The van der Waals surface area contributed by atoms with Gasteiger partial charge in [0.1, 0.15) is 6.10 Å². The Morgan fingerprint density at radius 3 is 2.48 bits per heavy atom. The quantitative estimate of drug-likeness (QED) is 0.137. The number of fused-ring (bicyclic) bond motifs is 3. The van der Waals surface area contributed by atoms with Gasteiger partial charge in [0.2, 0.25) is 11.2 Å². The monoisotopic (exact) mass is 432 g/mol. The summed E-state index contributed by atoms with van der Waals surface area (Å²) in [6.07, 6.45) is -0.668. The molecule has 0 spiro atoms. The van der Waals surface area contributed by atoms with Crippen LogP contribution in [0, 0.1) is 11.3 Å². The van der Waals surface area contributed by atoms with Crippen LogP contribution in [0.25, 0.3) is 11.6 Å². The molecule has 0 amide bonds. The lowest BCUT2D eigenvalue weighted by molar-refractivity contribution is -0.250. The van der Waals surface area contributed by atoms with Crippen LogP contribution in [0.2, 0.25) is 0 Å². The van der Waals surface area contributed by atoms with Crippen LogP contribution >= 0.6 is 0 Å². The Kier molecular flexibility index (Phi) is 4.87. The molecule has 2 fully saturated rings. The first-order valence-electron chi connectivity index (χ1n) is 9.49. The molecule has 1 heterocycles. The number of esters is 2. The molecule has 1 aliphatic heterocycles. The van der Waals surface area contributed by atoms with Crippen LogP contribution in [0.1, 0.15) is 29.5 Å². The third-order valence-electron chi connectivity index (χ3n) is 6.31. The van der Waals surface area contributed by atoms with Crippen molar-refractivity contribution in [1.29, 1.82) is 0 Å². The Hall–Kier alpha value is -2.89. The molecule has 1 aromatic rings. The van der Waals surface area contributed by atoms with Crippen molar-refractivity contribution in [2.24, 2.45) is 11.3 Å². The molecule has 164 valence electrons. The van der Waals surface area contributed by atoms with Crippen LogP contribution in [-0.4, -0.2) is 56.1 Å². The van der Waals surface area contributed by atoms with Gasteiger partial charge in [0.15, 0.2) is 11.2 Å². The molecule has 5 N–H and O–H groups in total. The highest BCUT2D eigenvalue weighted by Gasteiger charge is 2.58. The molecule has 2 bridgehead atoms. The minimum atomic E-state index is -2.51. The number of aliphatic hydroxyl groups excluding tert-OH is 1. The highest BCUT2D eigenvalue weighted by Crippen LogP contribution is 2.49. The van der Waals surface area contributed by atoms with Gasteiger partial charge in [0, 0.05) is 17.9 Å². The number of rotatable bonds is 5. The average Bonchev–Trinajstić information content (AvgIpc) is 2.82. The molecule has 10 nitrogen and oxygen atoms in total. The minimum absolute atomic E-state index is 0.0426. The third kappa shape index (κ3) is 3.03. The van der Waals surface area contributed by atoms with Crippen LogP contribution in [0.15, 0.2) is 29.1 Å². The van der Waals surface area contributed by atoms with E-state index in [-0.39, 0.29) is 53.7 Å². The summed E-state index contributed by atoms with van der Waals surface area (Å²) in [5, 5.41) is 50.0. The summed E-state index contributed by atoms with van der Waals surface area (Å²) >= 11 is 0. The minimum Gasteiger partial charge on any atom is -0.504 e. The Morgan fingerprint density at radius 2 is 1.87 bits per heavy atom. The number of carbonyl (C=O) groups excluding carboxylic acids is 2. The van der Waals surface area contributed by atoms with Crippen molar-refractivity contribution >= 4 is 23.6 Å². The van der Waals surface area contributed by atoms with Crippen LogP contribution < -0.4 is 5.43 Å². The van der Waals surface area contributed by atoms with Crippen LogP contribution in [0.4, 0.5) is 0 Å².